The Bertz CT molecular complexity index is 1780. The van der Waals surface area contributed by atoms with Crippen molar-refractivity contribution in [2.75, 3.05) is 0 Å². The van der Waals surface area contributed by atoms with Crippen LogP contribution in [0, 0.1) is 13.8 Å². The maximum atomic E-state index is 13.4. The van der Waals surface area contributed by atoms with Gasteiger partial charge in [-0.2, -0.15) is 5.10 Å². The van der Waals surface area contributed by atoms with Crippen molar-refractivity contribution in [3.63, 3.8) is 0 Å². The summed E-state index contributed by atoms with van der Waals surface area (Å²) in [5.41, 5.74) is 4.76. The van der Waals surface area contributed by atoms with Gasteiger partial charge in [0, 0.05) is 24.2 Å². The Morgan fingerprint density at radius 1 is 1.16 bits per heavy atom. The van der Waals surface area contributed by atoms with Crippen molar-refractivity contribution in [2.24, 2.45) is 0 Å². The summed E-state index contributed by atoms with van der Waals surface area (Å²) in [4.78, 5) is 20.6. The predicted octanol–water partition coefficient (Wildman–Crippen LogP) is 3.69. The molecule has 5 heterocycles. The van der Waals surface area contributed by atoms with E-state index in [-0.39, 0.29) is 23.5 Å². The smallest absolute Gasteiger partial charge is 0.303 e. The molecule has 1 atom stereocenters. The summed E-state index contributed by atoms with van der Waals surface area (Å²) in [6.07, 6.45) is 4.89. The first kappa shape index (κ1) is 23.4. The van der Waals surface area contributed by atoms with E-state index in [1.807, 2.05) is 24.6 Å². The Balaban J connectivity index is 1.41. The Morgan fingerprint density at radius 2 is 1.95 bits per heavy atom. The SMILES string of the molecule is CC(=O)OCc1cc2n(n1)CC(n1c(C)nc3cnc4c(ccn4S(=O)(=O)c4ccc(C)cc4)c31)CC2. The molecule has 0 amide bonds. The van der Waals surface area contributed by atoms with Crippen LogP contribution in [0.1, 0.15) is 42.2 Å². The Kier molecular flexibility index (Phi) is 5.41. The zero-order chi connectivity index (χ0) is 25.9. The standard InChI is InChI=1S/C26H26N6O4S/c1-16-4-8-22(9-5-16)37(34,35)31-11-10-23-25-24(13-27-26(23)31)28-17(2)32(25)21-7-6-20-12-19(15-36-18(3)33)29-30(20)14-21/h4-5,8-13,21H,6-7,14-15H2,1-3H3. The summed E-state index contributed by atoms with van der Waals surface area (Å²) in [7, 11) is -3.81. The van der Waals surface area contributed by atoms with Gasteiger partial charge in [-0.1, -0.05) is 17.7 Å². The lowest BCUT2D eigenvalue weighted by molar-refractivity contribution is -0.142. The molecular formula is C26H26N6O4S. The van der Waals surface area contributed by atoms with Gasteiger partial charge in [0.1, 0.15) is 23.6 Å². The zero-order valence-corrected chi connectivity index (χ0v) is 21.6. The summed E-state index contributed by atoms with van der Waals surface area (Å²) in [6.45, 7) is 6.04. The fraction of sp³-hybridized carbons (Fsp3) is 0.308. The maximum absolute atomic E-state index is 13.4. The third-order valence-electron chi connectivity index (χ3n) is 6.90. The molecule has 5 aromatic rings. The molecule has 0 saturated carbocycles. The summed E-state index contributed by atoms with van der Waals surface area (Å²) in [5.74, 6) is 0.498. The first-order chi connectivity index (χ1) is 17.7. The molecule has 0 bridgehead atoms. The minimum absolute atomic E-state index is 0.0710. The predicted molar refractivity (Wildman–Crippen MR) is 137 cm³/mol. The van der Waals surface area contributed by atoms with Crippen LogP contribution in [0.25, 0.3) is 22.1 Å². The highest BCUT2D eigenvalue weighted by Crippen LogP contribution is 2.34. The molecule has 0 aliphatic carbocycles. The highest BCUT2D eigenvalue weighted by molar-refractivity contribution is 7.90. The third-order valence-corrected chi connectivity index (χ3v) is 8.58. The van der Waals surface area contributed by atoms with E-state index in [4.69, 9.17) is 9.72 Å². The van der Waals surface area contributed by atoms with Crippen LogP contribution in [0.15, 0.2) is 53.7 Å². The topological polar surface area (TPSA) is 114 Å². The lowest BCUT2D eigenvalue weighted by Gasteiger charge is -2.26. The van der Waals surface area contributed by atoms with Gasteiger partial charge in [-0.25, -0.2) is 22.4 Å². The number of hydrogen-bond donors (Lipinski definition) is 0. The fourth-order valence-electron chi connectivity index (χ4n) is 5.16. The Labute approximate surface area is 213 Å². The maximum Gasteiger partial charge on any atom is 0.303 e. The number of hydrogen-bond acceptors (Lipinski definition) is 7. The van der Waals surface area contributed by atoms with Crippen molar-refractivity contribution in [2.45, 2.75) is 57.7 Å². The Morgan fingerprint density at radius 3 is 2.70 bits per heavy atom. The summed E-state index contributed by atoms with van der Waals surface area (Å²) in [5, 5.41) is 5.37. The van der Waals surface area contributed by atoms with E-state index < -0.39 is 10.0 Å². The fourth-order valence-corrected chi connectivity index (χ4v) is 6.47. The van der Waals surface area contributed by atoms with Crippen molar-refractivity contribution in [3.8, 4) is 0 Å². The molecular weight excluding hydrogens is 492 g/mol. The van der Waals surface area contributed by atoms with Crippen LogP contribution in [-0.2, 0) is 39.1 Å². The van der Waals surface area contributed by atoms with Gasteiger partial charge < -0.3 is 9.30 Å². The Hall–Kier alpha value is -3.99. The summed E-state index contributed by atoms with van der Waals surface area (Å²) in [6, 6.07) is 10.6. The molecule has 1 aromatic carbocycles. The average molecular weight is 519 g/mol. The van der Waals surface area contributed by atoms with Crippen LogP contribution in [0.3, 0.4) is 0 Å². The average Bonchev–Trinajstić information content (AvgIpc) is 3.56. The summed E-state index contributed by atoms with van der Waals surface area (Å²) >= 11 is 0. The lowest BCUT2D eigenvalue weighted by atomic mass is 10.0. The van der Waals surface area contributed by atoms with E-state index in [0.29, 0.717) is 12.2 Å². The molecule has 6 rings (SSSR count). The molecule has 0 fully saturated rings. The highest BCUT2D eigenvalue weighted by Gasteiger charge is 2.27. The van der Waals surface area contributed by atoms with Crippen molar-refractivity contribution in [3.05, 3.63) is 71.6 Å². The van der Waals surface area contributed by atoms with Crippen LogP contribution in [0.5, 0.6) is 0 Å². The van der Waals surface area contributed by atoms with Gasteiger partial charge >= 0.3 is 5.97 Å². The van der Waals surface area contributed by atoms with E-state index in [9.17, 15) is 13.2 Å². The normalized spacial score (nSPS) is 15.8. The number of carbonyl (C=O) groups is 1. The molecule has 1 unspecified atom stereocenters. The van der Waals surface area contributed by atoms with Crippen LogP contribution in [-0.4, -0.2) is 42.7 Å². The molecule has 1 aliphatic heterocycles. The van der Waals surface area contributed by atoms with E-state index >= 15 is 0 Å². The number of pyridine rings is 1. The molecule has 1 aliphatic rings. The number of ether oxygens (including phenoxy) is 1. The van der Waals surface area contributed by atoms with Crippen molar-refractivity contribution < 1.29 is 17.9 Å². The van der Waals surface area contributed by atoms with Crippen molar-refractivity contribution in [1.29, 1.82) is 0 Å². The molecule has 10 nitrogen and oxygen atoms in total. The van der Waals surface area contributed by atoms with Crippen LogP contribution >= 0.6 is 0 Å². The lowest BCUT2D eigenvalue weighted by Crippen LogP contribution is -2.24. The molecule has 0 radical (unpaired) electrons. The number of nitrogens with zero attached hydrogens (tertiary/aromatic N) is 6. The van der Waals surface area contributed by atoms with Crippen molar-refractivity contribution in [1.82, 2.24) is 28.3 Å². The number of benzene rings is 1. The summed E-state index contributed by atoms with van der Waals surface area (Å²) < 4.78 is 37.4. The minimum Gasteiger partial charge on any atom is -0.459 e. The quantitative estimate of drug-likeness (QED) is 0.326. The molecule has 0 spiro atoms. The molecule has 4 aromatic heterocycles. The minimum atomic E-state index is -3.81. The number of rotatable bonds is 5. The van der Waals surface area contributed by atoms with Gasteiger partial charge in [0.2, 0.25) is 0 Å². The first-order valence-electron chi connectivity index (χ1n) is 12.1. The van der Waals surface area contributed by atoms with Gasteiger partial charge in [-0.05, 0) is 51.0 Å². The van der Waals surface area contributed by atoms with E-state index in [0.717, 1.165) is 52.0 Å². The van der Waals surface area contributed by atoms with E-state index in [2.05, 4.69) is 14.6 Å². The second kappa shape index (κ2) is 8.55. The van der Waals surface area contributed by atoms with Gasteiger partial charge in [0.05, 0.1) is 29.2 Å². The number of imidazole rings is 1. The number of aromatic nitrogens is 6. The second-order valence-electron chi connectivity index (χ2n) is 9.47. The van der Waals surface area contributed by atoms with Gasteiger partial charge in [0.25, 0.3) is 10.0 Å². The number of aryl methyl sites for hydroxylation is 3. The van der Waals surface area contributed by atoms with Crippen LogP contribution < -0.4 is 0 Å². The zero-order valence-electron chi connectivity index (χ0n) is 20.7. The monoisotopic (exact) mass is 518 g/mol. The van der Waals surface area contributed by atoms with E-state index in [1.165, 1.54) is 10.9 Å². The van der Waals surface area contributed by atoms with Crippen LogP contribution in [0.4, 0.5) is 0 Å². The number of fused-ring (bicyclic) bond motifs is 4. The van der Waals surface area contributed by atoms with Gasteiger partial charge in [0.15, 0.2) is 5.65 Å². The molecule has 37 heavy (non-hydrogen) atoms. The van der Waals surface area contributed by atoms with Gasteiger partial charge in [-0.15, -0.1) is 0 Å². The van der Waals surface area contributed by atoms with Crippen molar-refractivity contribution >= 4 is 38.1 Å². The van der Waals surface area contributed by atoms with Gasteiger partial charge in [-0.3, -0.25) is 9.48 Å². The van der Waals surface area contributed by atoms with E-state index in [1.54, 1.807) is 42.7 Å². The second-order valence-corrected chi connectivity index (χ2v) is 11.3. The molecule has 11 heteroatoms. The molecule has 0 N–H and O–H groups in total. The largest absolute Gasteiger partial charge is 0.459 e. The highest BCUT2D eigenvalue weighted by atomic mass is 32.2. The molecule has 0 saturated heterocycles. The number of esters is 1. The molecule has 190 valence electrons. The first-order valence-corrected chi connectivity index (χ1v) is 13.5. The number of carbonyl (C=O) groups excluding carboxylic acids is 1. The van der Waals surface area contributed by atoms with Crippen LogP contribution in [0.2, 0.25) is 0 Å². The third kappa shape index (κ3) is 3.90.